The van der Waals surface area contributed by atoms with Crippen LogP contribution in [0, 0.1) is 23.2 Å². The number of rotatable bonds is 1. The van der Waals surface area contributed by atoms with E-state index in [9.17, 15) is 14.9 Å². The van der Waals surface area contributed by atoms with Gasteiger partial charge in [-0.05, 0) is 34.4 Å². The maximum absolute atomic E-state index is 13.8. The molecule has 1 aliphatic heterocycles. The molecule has 1 saturated heterocycles. The number of carbonyl (C=O) groups is 2. The summed E-state index contributed by atoms with van der Waals surface area (Å²) in [6.45, 7) is 0. The number of benzene rings is 3. The number of imide groups is 1. The van der Waals surface area contributed by atoms with Gasteiger partial charge in [0, 0.05) is 5.92 Å². The highest BCUT2D eigenvalue weighted by molar-refractivity contribution is 9.09. The average molecular weight is 455 g/mol. The van der Waals surface area contributed by atoms with Crippen LogP contribution in [0.1, 0.15) is 33.7 Å². The Kier molecular flexibility index (Phi) is 3.46. The van der Waals surface area contributed by atoms with Gasteiger partial charge in [-0.1, -0.05) is 76.6 Å². The van der Waals surface area contributed by atoms with Crippen LogP contribution in [-0.2, 0) is 13.9 Å². The number of amides is 2. The van der Waals surface area contributed by atoms with Crippen molar-refractivity contribution < 1.29 is 9.59 Å². The first-order chi connectivity index (χ1) is 14.6. The molecule has 30 heavy (non-hydrogen) atoms. The maximum Gasteiger partial charge on any atom is 0.239 e. The number of carbonyl (C=O) groups excluding carboxylic acids is 2. The number of alkyl halides is 1. The Bertz CT molecular complexity index is 1260. The van der Waals surface area contributed by atoms with Gasteiger partial charge < -0.3 is 0 Å². The third-order valence-corrected chi connectivity index (χ3v) is 8.13. The van der Waals surface area contributed by atoms with Crippen molar-refractivity contribution in [1.82, 2.24) is 0 Å². The van der Waals surface area contributed by atoms with Crippen LogP contribution in [0.15, 0.2) is 72.8 Å². The number of nitrogens with zero attached hydrogens (tertiary/aromatic N) is 2. The Morgan fingerprint density at radius 3 is 2.03 bits per heavy atom. The van der Waals surface area contributed by atoms with Gasteiger partial charge in [0.2, 0.25) is 11.8 Å². The number of hydrogen-bond acceptors (Lipinski definition) is 3. The molecule has 0 aromatic heterocycles. The fourth-order valence-electron chi connectivity index (χ4n) is 5.68. The smallest absolute Gasteiger partial charge is 0.239 e. The molecule has 3 aromatic carbocycles. The minimum atomic E-state index is -0.775. The van der Waals surface area contributed by atoms with Crippen molar-refractivity contribution in [2.24, 2.45) is 11.8 Å². The first-order valence-electron chi connectivity index (χ1n) is 9.83. The largest absolute Gasteiger partial charge is 0.274 e. The summed E-state index contributed by atoms with van der Waals surface area (Å²) >= 11 is 3.98. The molecule has 0 saturated carbocycles. The summed E-state index contributed by atoms with van der Waals surface area (Å²) in [6, 6.07) is 25.1. The average Bonchev–Trinajstić information content (AvgIpc) is 3.05. The highest BCUT2D eigenvalue weighted by Crippen LogP contribution is 2.66. The van der Waals surface area contributed by atoms with Gasteiger partial charge >= 0.3 is 0 Å². The normalized spacial score (nSPS) is 28.0. The molecule has 0 N–H and O–H groups in total. The molecule has 4 aliphatic rings. The van der Waals surface area contributed by atoms with Crippen molar-refractivity contribution in [3.63, 3.8) is 0 Å². The quantitative estimate of drug-likeness (QED) is 0.402. The van der Waals surface area contributed by atoms with E-state index in [0.29, 0.717) is 11.3 Å². The zero-order valence-corrected chi connectivity index (χ0v) is 17.3. The lowest BCUT2D eigenvalue weighted by Crippen LogP contribution is -2.50. The molecule has 0 unspecified atom stereocenters. The molecule has 3 aromatic rings. The second-order valence-corrected chi connectivity index (χ2v) is 9.26. The fourth-order valence-corrected chi connectivity index (χ4v) is 6.88. The van der Waals surface area contributed by atoms with Crippen molar-refractivity contribution in [2.45, 2.75) is 10.2 Å². The van der Waals surface area contributed by atoms with Crippen LogP contribution < -0.4 is 4.90 Å². The van der Waals surface area contributed by atoms with Gasteiger partial charge in [-0.15, -0.1) is 0 Å². The Morgan fingerprint density at radius 1 is 0.833 bits per heavy atom. The first kappa shape index (κ1) is 17.6. The summed E-state index contributed by atoms with van der Waals surface area (Å²) in [5.74, 6) is -1.73. The van der Waals surface area contributed by atoms with Gasteiger partial charge in [-0.2, -0.15) is 5.26 Å². The summed E-state index contributed by atoms with van der Waals surface area (Å²) in [7, 11) is 0. The molecule has 1 heterocycles. The zero-order valence-electron chi connectivity index (χ0n) is 15.7. The predicted octanol–water partition coefficient (Wildman–Crippen LogP) is 4.46. The molecular weight excluding hydrogens is 440 g/mol. The Labute approximate surface area is 181 Å². The number of halogens is 1. The fraction of sp³-hybridized carbons (Fsp3) is 0.160. The van der Waals surface area contributed by atoms with E-state index in [0.717, 1.165) is 22.3 Å². The highest BCUT2D eigenvalue weighted by atomic mass is 79.9. The zero-order chi connectivity index (χ0) is 20.6. The third kappa shape index (κ3) is 1.90. The van der Waals surface area contributed by atoms with E-state index in [4.69, 9.17) is 0 Å². The van der Waals surface area contributed by atoms with E-state index >= 15 is 0 Å². The van der Waals surface area contributed by atoms with Crippen molar-refractivity contribution in [3.05, 3.63) is 101 Å². The number of anilines is 1. The number of para-hydroxylation sites is 1. The molecule has 2 bridgehead atoms. The summed E-state index contributed by atoms with van der Waals surface area (Å²) in [6.07, 6.45) is 0. The van der Waals surface area contributed by atoms with Crippen molar-refractivity contribution in [1.29, 1.82) is 5.26 Å². The van der Waals surface area contributed by atoms with Gasteiger partial charge in [-0.25, -0.2) is 4.90 Å². The topological polar surface area (TPSA) is 61.2 Å². The van der Waals surface area contributed by atoms with E-state index in [1.807, 2.05) is 36.4 Å². The Balaban J connectivity index is 1.63. The van der Waals surface area contributed by atoms with Crippen LogP contribution in [-0.4, -0.2) is 11.8 Å². The Morgan fingerprint density at radius 2 is 1.40 bits per heavy atom. The lowest BCUT2D eigenvalue weighted by Gasteiger charge is -2.51. The lowest BCUT2D eigenvalue weighted by molar-refractivity contribution is -0.122. The molecule has 2 amide bonds. The minimum absolute atomic E-state index is 0.183. The van der Waals surface area contributed by atoms with E-state index in [-0.39, 0.29) is 17.7 Å². The molecule has 1 fully saturated rings. The Hall–Kier alpha value is -3.23. The summed E-state index contributed by atoms with van der Waals surface area (Å²) in [5, 5.41) is 9.55. The second kappa shape index (κ2) is 5.90. The standard InChI is InChI=1S/C25H15BrN2O2/c26-25-17-10-4-2-8-15(17)20(16-9-3-5-11-18(16)25)21-22(25)24(30)28(23(21)29)19-12-6-1-7-14(19)13-27/h1-12,20-22H/t20?,21-,22+,25?/m0/s1. The van der Waals surface area contributed by atoms with Crippen molar-refractivity contribution in [2.75, 3.05) is 4.90 Å². The van der Waals surface area contributed by atoms with E-state index in [2.05, 4.69) is 34.1 Å². The number of hydrogen-bond donors (Lipinski definition) is 0. The van der Waals surface area contributed by atoms with Crippen LogP contribution in [0.2, 0.25) is 0 Å². The van der Waals surface area contributed by atoms with Crippen LogP contribution in [0.5, 0.6) is 0 Å². The van der Waals surface area contributed by atoms with Gasteiger partial charge in [0.05, 0.1) is 27.4 Å². The lowest BCUT2D eigenvalue weighted by atomic mass is 9.55. The molecule has 3 aliphatic carbocycles. The highest BCUT2D eigenvalue weighted by Gasteiger charge is 2.67. The van der Waals surface area contributed by atoms with E-state index in [1.165, 1.54) is 4.90 Å². The second-order valence-electron chi connectivity index (χ2n) is 8.01. The molecule has 0 spiro atoms. The summed E-state index contributed by atoms with van der Waals surface area (Å²) < 4.78 is -0.775. The maximum atomic E-state index is 13.8. The molecule has 5 heteroatoms. The third-order valence-electron chi connectivity index (χ3n) is 6.78. The van der Waals surface area contributed by atoms with Gasteiger partial charge in [0.1, 0.15) is 6.07 Å². The van der Waals surface area contributed by atoms with Crippen LogP contribution in [0.4, 0.5) is 5.69 Å². The SMILES string of the molecule is N#Cc1ccccc1N1C(=O)[C@H]2C3c4ccccc4C(Br)(c4ccccc43)[C@H]2C1=O. The summed E-state index contributed by atoms with van der Waals surface area (Å²) in [4.78, 5) is 28.8. The van der Waals surface area contributed by atoms with Crippen LogP contribution >= 0.6 is 15.9 Å². The molecule has 4 nitrogen and oxygen atoms in total. The molecule has 0 radical (unpaired) electrons. The number of nitriles is 1. The first-order valence-corrected chi connectivity index (χ1v) is 10.6. The van der Waals surface area contributed by atoms with E-state index < -0.39 is 16.2 Å². The monoisotopic (exact) mass is 454 g/mol. The van der Waals surface area contributed by atoms with Gasteiger partial charge in [-0.3, -0.25) is 9.59 Å². The molecule has 2 atom stereocenters. The molecular formula is C25H15BrN2O2. The van der Waals surface area contributed by atoms with Crippen LogP contribution in [0.3, 0.4) is 0 Å². The summed E-state index contributed by atoms with van der Waals surface area (Å²) in [5.41, 5.74) is 4.96. The van der Waals surface area contributed by atoms with E-state index in [1.54, 1.807) is 24.3 Å². The van der Waals surface area contributed by atoms with Crippen LogP contribution in [0.25, 0.3) is 0 Å². The molecule has 7 rings (SSSR count). The molecule has 144 valence electrons. The predicted molar refractivity (Wildman–Crippen MR) is 115 cm³/mol. The van der Waals surface area contributed by atoms with Crippen molar-refractivity contribution >= 4 is 33.4 Å². The van der Waals surface area contributed by atoms with Crippen molar-refractivity contribution in [3.8, 4) is 6.07 Å². The minimum Gasteiger partial charge on any atom is -0.274 e. The van der Waals surface area contributed by atoms with Gasteiger partial charge in [0.25, 0.3) is 0 Å². The van der Waals surface area contributed by atoms with Gasteiger partial charge in [0.15, 0.2) is 0 Å².